The number of carbonyl (C=O) groups is 5. The molecule has 1 aromatic rings. The van der Waals surface area contributed by atoms with Crippen LogP contribution in [0.2, 0.25) is 0 Å². The van der Waals surface area contributed by atoms with Crippen molar-refractivity contribution in [2.75, 3.05) is 19.6 Å². The fourth-order valence-electron chi connectivity index (χ4n) is 2.70. The van der Waals surface area contributed by atoms with Crippen molar-refractivity contribution in [3.8, 4) is 5.75 Å². The van der Waals surface area contributed by atoms with Crippen LogP contribution in [-0.4, -0.2) is 71.5 Å². The fourth-order valence-corrected chi connectivity index (χ4v) is 2.70. The van der Waals surface area contributed by atoms with Gasteiger partial charge in [-0.15, -0.1) is 12.4 Å². The molecule has 13 heteroatoms. The summed E-state index contributed by atoms with van der Waals surface area (Å²) in [5, 5.41) is 27.6. The van der Waals surface area contributed by atoms with Gasteiger partial charge in [0.2, 0.25) is 23.6 Å². The van der Waals surface area contributed by atoms with Crippen LogP contribution in [0, 0.1) is 5.92 Å². The Morgan fingerprint density at radius 2 is 1.38 bits per heavy atom. The number of phenols is 1. The third-order valence-corrected chi connectivity index (χ3v) is 4.38. The van der Waals surface area contributed by atoms with Crippen LogP contribution >= 0.6 is 12.4 Å². The summed E-state index contributed by atoms with van der Waals surface area (Å²) in [6.45, 7) is 2.36. The summed E-state index contributed by atoms with van der Waals surface area (Å²) in [6.07, 6.45) is 0.452. The summed E-state index contributed by atoms with van der Waals surface area (Å²) in [5.41, 5.74) is 6.53. The van der Waals surface area contributed by atoms with Crippen molar-refractivity contribution in [2.24, 2.45) is 11.7 Å². The molecule has 0 bridgehead atoms. The molecule has 0 aliphatic heterocycles. The van der Waals surface area contributed by atoms with Crippen molar-refractivity contribution in [2.45, 2.75) is 38.8 Å². The van der Waals surface area contributed by atoms with E-state index in [1.54, 1.807) is 12.1 Å². The van der Waals surface area contributed by atoms with Gasteiger partial charge in [0.1, 0.15) is 11.8 Å². The number of nitrogens with two attached hydrogens (primary N) is 1. The molecule has 1 aromatic carbocycles. The molecule has 0 aliphatic rings. The number of hydrogen-bond donors (Lipinski definition) is 7. The molecule has 0 fully saturated rings. The molecule has 0 radical (unpaired) electrons. The van der Waals surface area contributed by atoms with E-state index in [0.717, 1.165) is 5.56 Å². The summed E-state index contributed by atoms with van der Waals surface area (Å²) in [5.74, 6) is -3.55. The predicted octanol–water partition coefficient (Wildman–Crippen LogP) is -1.35. The van der Waals surface area contributed by atoms with Crippen molar-refractivity contribution in [1.29, 1.82) is 0 Å². The van der Waals surface area contributed by atoms with Crippen LogP contribution in [0.5, 0.6) is 5.75 Å². The number of carboxylic acids is 1. The zero-order chi connectivity index (χ0) is 25.0. The lowest BCUT2D eigenvalue weighted by molar-refractivity contribution is -0.142. The fraction of sp³-hybridized carbons (Fsp3) is 0.476. The van der Waals surface area contributed by atoms with Crippen LogP contribution in [0.4, 0.5) is 0 Å². The number of carbonyl (C=O) groups excluding carboxylic acids is 4. The van der Waals surface area contributed by atoms with E-state index in [1.807, 2.05) is 13.8 Å². The first-order valence-electron chi connectivity index (χ1n) is 10.3. The van der Waals surface area contributed by atoms with Gasteiger partial charge in [-0.1, -0.05) is 26.0 Å². The van der Waals surface area contributed by atoms with Crippen molar-refractivity contribution < 1.29 is 34.2 Å². The molecule has 190 valence electrons. The van der Waals surface area contributed by atoms with Crippen molar-refractivity contribution in [1.82, 2.24) is 21.3 Å². The van der Waals surface area contributed by atoms with Gasteiger partial charge in [0.15, 0.2) is 0 Å². The quantitative estimate of drug-likeness (QED) is 0.172. The Bertz CT molecular complexity index is 848. The number of aliphatic carboxylic acids is 1. The SMILES string of the molecule is CC(C)CC(NC(=O)CNC(=O)CNC(=O)CNC(=O)C(N)Cc1ccc(O)cc1)C(=O)O.Cl. The van der Waals surface area contributed by atoms with E-state index in [1.165, 1.54) is 12.1 Å². The maximum atomic E-state index is 12.0. The van der Waals surface area contributed by atoms with Crippen LogP contribution in [0.1, 0.15) is 25.8 Å². The standard InChI is InChI=1S/C21H31N5O7.ClH/c1-12(2)7-16(21(32)33)26-19(30)11-24-17(28)9-23-18(29)10-25-20(31)15(22)8-13-3-5-14(27)6-4-13;/h3-6,12,15-16,27H,7-11,22H2,1-2H3,(H,23,29)(H,24,28)(H,25,31)(H,26,30)(H,32,33);1H. The number of amides is 4. The van der Waals surface area contributed by atoms with Gasteiger partial charge < -0.3 is 37.2 Å². The Morgan fingerprint density at radius 1 is 0.882 bits per heavy atom. The number of aromatic hydroxyl groups is 1. The maximum Gasteiger partial charge on any atom is 0.326 e. The zero-order valence-electron chi connectivity index (χ0n) is 19.0. The molecule has 0 aliphatic carbocycles. The molecule has 0 saturated carbocycles. The Hall–Kier alpha value is -3.38. The topological polar surface area (TPSA) is 200 Å². The highest BCUT2D eigenvalue weighted by Gasteiger charge is 2.21. The average Bonchev–Trinajstić information content (AvgIpc) is 2.75. The van der Waals surface area contributed by atoms with Gasteiger partial charge in [0.25, 0.3) is 0 Å². The van der Waals surface area contributed by atoms with Gasteiger partial charge in [-0.05, 0) is 36.5 Å². The second-order valence-electron chi connectivity index (χ2n) is 7.84. The van der Waals surface area contributed by atoms with Gasteiger partial charge in [0, 0.05) is 0 Å². The molecule has 0 aromatic heterocycles. The monoisotopic (exact) mass is 501 g/mol. The molecule has 2 atom stereocenters. The molecule has 1 rings (SSSR count). The first-order chi connectivity index (χ1) is 15.5. The number of phenolic OH excluding ortho intramolecular Hbond substituents is 1. The van der Waals surface area contributed by atoms with Crippen LogP contribution in [-0.2, 0) is 30.4 Å². The number of hydrogen-bond acceptors (Lipinski definition) is 7. The normalized spacial score (nSPS) is 12.0. The third kappa shape index (κ3) is 12.6. The van der Waals surface area contributed by atoms with E-state index >= 15 is 0 Å². The van der Waals surface area contributed by atoms with E-state index < -0.39 is 61.3 Å². The minimum atomic E-state index is -1.17. The van der Waals surface area contributed by atoms with Gasteiger partial charge >= 0.3 is 5.97 Å². The van der Waals surface area contributed by atoms with Crippen molar-refractivity contribution >= 4 is 42.0 Å². The largest absolute Gasteiger partial charge is 0.508 e. The molecule has 2 unspecified atom stereocenters. The van der Waals surface area contributed by atoms with Crippen molar-refractivity contribution in [3.63, 3.8) is 0 Å². The minimum absolute atomic E-state index is 0. The smallest absolute Gasteiger partial charge is 0.326 e. The number of rotatable bonds is 13. The summed E-state index contributed by atoms with van der Waals surface area (Å²) in [6, 6.07) is 4.23. The van der Waals surface area contributed by atoms with Gasteiger partial charge in [-0.2, -0.15) is 0 Å². The number of nitrogens with one attached hydrogen (secondary N) is 4. The van der Waals surface area contributed by atoms with E-state index in [4.69, 9.17) is 10.8 Å². The molecular weight excluding hydrogens is 470 g/mol. The van der Waals surface area contributed by atoms with Crippen LogP contribution < -0.4 is 27.0 Å². The lowest BCUT2D eigenvalue weighted by Gasteiger charge is -2.16. The first-order valence-corrected chi connectivity index (χ1v) is 10.3. The number of carboxylic acid groups (broad SMARTS) is 1. The second-order valence-corrected chi connectivity index (χ2v) is 7.84. The molecule has 0 heterocycles. The van der Waals surface area contributed by atoms with Gasteiger partial charge in [-0.3, -0.25) is 19.2 Å². The van der Waals surface area contributed by atoms with Crippen LogP contribution in [0.3, 0.4) is 0 Å². The Morgan fingerprint density at radius 3 is 1.88 bits per heavy atom. The lowest BCUT2D eigenvalue weighted by Crippen LogP contribution is -2.49. The number of benzene rings is 1. The Kier molecular flexibility index (Phi) is 13.9. The van der Waals surface area contributed by atoms with E-state index in [0.29, 0.717) is 0 Å². The first kappa shape index (κ1) is 30.6. The minimum Gasteiger partial charge on any atom is -0.508 e. The highest BCUT2D eigenvalue weighted by Crippen LogP contribution is 2.10. The van der Waals surface area contributed by atoms with Crippen molar-refractivity contribution in [3.05, 3.63) is 29.8 Å². The predicted molar refractivity (Wildman–Crippen MR) is 125 cm³/mol. The van der Waals surface area contributed by atoms with E-state index in [2.05, 4.69) is 21.3 Å². The average molecular weight is 502 g/mol. The van der Waals surface area contributed by atoms with E-state index in [-0.39, 0.29) is 36.9 Å². The summed E-state index contributed by atoms with van der Waals surface area (Å²) < 4.78 is 0. The molecule has 4 amide bonds. The number of halogens is 1. The van der Waals surface area contributed by atoms with E-state index in [9.17, 15) is 29.1 Å². The second kappa shape index (κ2) is 15.5. The molecule has 34 heavy (non-hydrogen) atoms. The van der Waals surface area contributed by atoms with Crippen LogP contribution in [0.15, 0.2) is 24.3 Å². The highest BCUT2D eigenvalue weighted by molar-refractivity contribution is 5.91. The van der Waals surface area contributed by atoms with Gasteiger partial charge in [-0.25, -0.2) is 4.79 Å². The Balaban J connectivity index is 0.0000109. The van der Waals surface area contributed by atoms with Gasteiger partial charge in [0.05, 0.1) is 25.7 Å². The zero-order valence-corrected chi connectivity index (χ0v) is 19.8. The highest BCUT2D eigenvalue weighted by atomic mass is 35.5. The molecule has 12 nitrogen and oxygen atoms in total. The van der Waals surface area contributed by atoms with Crippen LogP contribution in [0.25, 0.3) is 0 Å². The summed E-state index contributed by atoms with van der Waals surface area (Å²) in [4.78, 5) is 58.6. The maximum absolute atomic E-state index is 12.0. The summed E-state index contributed by atoms with van der Waals surface area (Å²) >= 11 is 0. The summed E-state index contributed by atoms with van der Waals surface area (Å²) in [7, 11) is 0. The molecule has 0 saturated heterocycles. The molecule has 8 N–H and O–H groups in total. The molecular formula is C21H32ClN5O7. The lowest BCUT2D eigenvalue weighted by atomic mass is 10.0. The Labute approximate surface area is 203 Å². The third-order valence-electron chi connectivity index (χ3n) is 4.38. The molecule has 0 spiro atoms.